The van der Waals surface area contributed by atoms with E-state index in [0.717, 1.165) is 44.5 Å². The molecular formula is C27H38N4O6. The van der Waals surface area contributed by atoms with Crippen molar-refractivity contribution in [3.05, 3.63) is 41.2 Å². The lowest BCUT2D eigenvalue weighted by Gasteiger charge is -2.36. The molecule has 1 aliphatic heterocycles. The van der Waals surface area contributed by atoms with E-state index in [1.165, 1.54) is 19.2 Å². The summed E-state index contributed by atoms with van der Waals surface area (Å²) in [5.74, 6) is -1.32. The summed E-state index contributed by atoms with van der Waals surface area (Å²) in [5, 5.41) is 9.74. The number of carbonyl (C=O) groups excluding carboxylic acids is 2. The summed E-state index contributed by atoms with van der Waals surface area (Å²) < 4.78 is 10.2. The number of amides is 1. The number of carbonyl (C=O) groups is 3. The number of ether oxygens (including phenoxy) is 2. The number of carboxylic acid groups (broad SMARTS) is 1. The highest BCUT2D eigenvalue weighted by Crippen LogP contribution is 2.24. The number of aromatic carboxylic acids is 1. The first-order valence-electron chi connectivity index (χ1n) is 13.0. The Morgan fingerprint density at radius 1 is 1.16 bits per heavy atom. The highest BCUT2D eigenvalue weighted by atomic mass is 16.5. The summed E-state index contributed by atoms with van der Waals surface area (Å²) in [6, 6.07) is 3.96. The van der Waals surface area contributed by atoms with Crippen molar-refractivity contribution in [2.75, 3.05) is 46.5 Å². The smallest absolute Gasteiger partial charge is 0.337 e. The van der Waals surface area contributed by atoms with E-state index in [1.807, 2.05) is 4.90 Å². The van der Waals surface area contributed by atoms with Gasteiger partial charge in [0.2, 0.25) is 5.91 Å². The molecule has 2 heterocycles. The number of hydrogen-bond donors (Lipinski definition) is 2. The fraction of sp³-hybridized carbons (Fsp3) is 0.556. The average Bonchev–Trinajstić information content (AvgIpc) is 3.39. The van der Waals surface area contributed by atoms with Crippen LogP contribution in [0.15, 0.2) is 24.4 Å². The first kappa shape index (κ1) is 28.3. The van der Waals surface area contributed by atoms with Crippen LogP contribution < -0.4 is 0 Å². The van der Waals surface area contributed by atoms with Crippen LogP contribution in [0.1, 0.15) is 65.9 Å². The third-order valence-corrected chi connectivity index (χ3v) is 6.61. The first-order valence-corrected chi connectivity index (χ1v) is 13.0. The van der Waals surface area contributed by atoms with Crippen LogP contribution in [0.2, 0.25) is 0 Å². The summed E-state index contributed by atoms with van der Waals surface area (Å²) in [4.78, 5) is 49.4. The van der Waals surface area contributed by atoms with Gasteiger partial charge in [-0.1, -0.05) is 26.7 Å². The molecule has 0 spiro atoms. The highest BCUT2D eigenvalue weighted by Gasteiger charge is 2.31. The second kappa shape index (κ2) is 13.9. The molecule has 0 radical (unpaired) electrons. The van der Waals surface area contributed by atoms with Crippen LogP contribution >= 0.6 is 0 Å². The summed E-state index contributed by atoms with van der Waals surface area (Å²) in [5.41, 5.74) is 1.18. The number of carboxylic acids is 1. The minimum atomic E-state index is -1.18. The predicted octanol–water partition coefficient (Wildman–Crippen LogP) is 3.23. The second-order valence-electron chi connectivity index (χ2n) is 9.21. The number of unbranched alkanes of at least 4 members (excludes halogenated alkanes) is 2. The molecule has 37 heavy (non-hydrogen) atoms. The summed E-state index contributed by atoms with van der Waals surface area (Å²) in [7, 11) is 1.24. The van der Waals surface area contributed by atoms with Gasteiger partial charge in [0.1, 0.15) is 5.82 Å². The van der Waals surface area contributed by atoms with Crippen molar-refractivity contribution in [2.45, 2.75) is 52.0 Å². The molecule has 1 atom stereocenters. The molecule has 202 valence electrons. The van der Waals surface area contributed by atoms with Gasteiger partial charge in [-0.25, -0.2) is 14.6 Å². The van der Waals surface area contributed by atoms with Gasteiger partial charge < -0.3 is 24.5 Å². The number of hydrogen-bond acceptors (Lipinski definition) is 7. The van der Waals surface area contributed by atoms with E-state index in [0.29, 0.717) is 44.1 Å². The maximum atomic E-state index is 13.8. The minimum Gasteiger partial charge on any atom is -0.478 e. The van der Waals surface area contributed by atoms with E-state index in [9.17, 15) is 19.5 Å². The third kappa shape index (κ3) is 7.39. The van der Waals surface area contributed by atoms with Gasteiger partial charge in [0.05, 0.1) is 37.5 Å². The van der Waals surface area contributed by atoms with Crippen molar-refractivity contribution in [1.29, 1.82) is 0 Å². The molecule has 1 aromatic heterocycles. The molecule has 3 rings (SSSR count). The largest absolute Gasteiger partial charge is 0.478 e. The number of morpholine rings is 1. The Hall–Kier alpha value is -3.24. The quantitative estimate of drug-likeness (QED) is 0.390. The van der Waals surface area contributed by atoms with Gasteiger partial charge in [-0.2, -0.15) is 0 Å². The molecule has 10 nitrogen and oxygen atoms in total. The van der Waals surface area contributed by atoms with Crippen LogP contribution in [0.4, 0.5) is 0 Å². The average molecular weight is 515 g/mol. The zero-order chi connectivity index (χ0) is 26.8. The number of imidazole rings is 1. The van der Waals surface area contributed by atoms with Crippen LogP contribution in [0, 0.1) is 0 Å². The monoisotopic (exact) mass is 514 g/mol. The van der Waals surface area contributed by atoms with E-state index in [1.54, 1.807) is 12.3 Å². The van der Waals surface area contributed by atoms with Crippen molar-refractivity contribution in [3.8, 4) is 11.4 Å². The zero-order valence-corrected chi connectivity index (χ0v) is 22.0. The molecule has 2 N–H and O–H groups in total. The van der Waals surface area contributed by atoms with E-state index < -0.39 is 11.9 Å². The van der Waals surface area contributed by atoms with Gasteiger partial charge in [-0.3, -0.25) is 9.69 Å². The van der Waals surface area contributed by atoms with Crippen LogP contribution in [0.3, 0.4) is 0 Å². The maximum absolute atomic E-state index is 13.8. The van der Waals surface area contributed by atoms with Gasteiger partial charge in [-0.15, -0.1) is 0 Å². The van der Waals surface area contributed by atoms with Crippen molar-refractivity contribution < 1.29 is 29.0 Å². The topological polar surface area (TPSA) is 125 Å². The standard InChI is InChI=1S/C27H38N4O6/c1-4-6-10-31(11-7-5-2)25(32)23(30-12-14-37-15-13-30)17-20-18-28-24(29-20)21-9-8-19(27(35)36-3)16-22(21)26(33)34/h8-9,16,18,23H,4-7,10-15,17H2,1-3H3,(H,28,29)(H,33,34). The second-order valence-corrected chi connectivity index (χ2v) is 9.21. The Kier molecular flexibility index (Phi) is 10.6. The Morgan fingerprint density at radius 2 is 1.84 bits per heavy atom. The van der Waals surface area contributed by atoms with Crippen LogP contribution in [0.25, 0.3) is 11.4 Å². The SMILES string of the molecule is CCCCN(CCCC)C(=O)C(Cc1cnc(-c2ccc(C(=O)OC)cc2C(=O)O)[nH]1)N1CCOCC1. The molecular weight excluding hydrogens is 476 g/mol. The molecule has 0 bridgehead atoms. The van der Waals surface area contributed by atoms with Crippen molar-refractivity contribution in [1.82, 2.24) is 19.8 Å². The Bertz CT molecular complexity index is 1050. The third-order valence-electron chi connectivity index (χ3n) is 6.61. The molecule has 1 aliphatic rings. The lowest BCUT2D eigenvalue weighted by Crippen LogP contribution is -2.53. The highest BCUT2D eigenvalue weighted by molar-refractivity contribution is 5.99. The number of rotatable bonds is 13. The van der Waals surface area contributed by atoms with E-state index >= 15 is 0 Å². The van der Waals surface area contributed by atoms with Crippen molar-refractivity contribution in [2.24, 2.45) is 0 Å². The molecule has 1 amide bonds. The van der Waals surface area contributed by atoms with Crippen LogP contribution in [-0.2, 0) is 20.7 Å². The number of esters is 1. The number of aromatic nitrogens is 2. The van der Waals surface area contributed by atoms with E-state index in [2.05, 4.69) is 28.7 Å². The molecule has 1 unspecified atom stereocenters. The van der Waals surface area contributed by atoms with Crippen LogP contribution in [0.5, 0.6) is 0 Å². The molecule has 1 aromatic carbocycles. The predicted molar refractivity (Wildman–Crippen MR) is 139 cm³/mol. The summed E-state index contributed by atoms with van der Waals surface area (Å²) in [6.45, 7) is 8.22. The molecule has 1 fully saturated rings. The summed E-state index contributed by atoms with van der Waals surface area (Å²) >= 11 is 0. The number of benzene rings is 1. The number of aromatic amines is 1. The number of nitrogens with one attached hydrogen (secondary N) is 1. The molecule has 1 saturated heterocycles. The van der Waals surface area contributed by atoms with Crippen molar-refractivity contribution in [3.63, 3.8) is 0 Å². The fourth-order valence-corrected chi connectivity index (χ4v) is 4.48. The lowest BCUT2D eigenvalue weighted by atomic mass is 10.0. The maximum Gasteiger partial charge on any atom is 0.337 e. The first-order chi connectivity index (χ1) is 17.9. The molecule has 2 aromatic rings. The van der Waals surface area contributed by atoms with Gasteiger partial charge >= 0.3 is 11.9 Å². The van der Waals surface area contributed by atoms with Crippen LogP contribution in [-0.4, -0.2) is 95.3 Å². The molecule has 10 heteroatoms. The van der Waals surface area contributed by atoms with Gasteiger partial charge in [0, 0.05) is 50.1 Å². The lowest BCUT2D eigenvalue weighted by molar-refractivity contribution is -0.139. The Morgan fingerprint density at radius 3 is 2.43 bits per heavy atom. The van der Waals surface area contributed by atoms with E-state index in [-0.39, 0.29) is 23.1 Å². The van der Waals surface area contributed by atoms with E-state index in [4.69, 9.17) is 9.47 Å². The number of H-pyrrole nitrogens is 1. The van der Waals surface area contributed by atoms with Gasteiger partial charge in [-0.05, 0) is 31.0 Å². The Balaban J connectivity index is 1.88. The molecule has 0 aliphatic carbocycles. The minimum absolute atomic E-state index is 0.0603. The summed E-state index contributed by atoms with van der Waals surface area (Å²) in [6.07, 6.45) is 6.02. The zero-order valence-electron chi connectivity index (χ0n) is 22.0. The normalized spacial score (nSPS) is 14.8. The van der Waals surface area contributed by atoms with Crippen molar-refractivity contribution >= 4 is 17.8 Å². The fourth-order valence-electron chi connectivity index (χ4n) is 4.48. The van der Waals surface area contributed by atoms with Gasteiger partial charge in [0.15, 0.2) is 0 Å². The molecule has 0 saturated carbocycles. The van der Waals surface area contributed by atoms with Gasteiger partial charge in [0.25, 0.3) is 0 Å². The number of methoxy groups -OCH3 is 1. The Labute approximate surface area is 218 Å². The number of nitrogens with zero attached hydrogens (tertiary/aromatic N) is 3.